The van der Waals surface area contributed by atoms with Crippen molar-refractivity contribution in [2.45, 2.75) is 47.2 Å². The molecule has 0 radical (unpaired) electrons. The van der Waals surface area contributed by atoms with Crippen molar-refractivity contribution in [2.24, 2.45) is 12.0 Å². The van der Waals surface area contributed by atoms with Crippen LogP contribution < -0.4 is 20.1 Å². The topological polar surface area (TPSA) is 72.7 Å². The average molecular weight is 515 g/mol. The fraction of sp³-hybridized carbons (Fsp3) is 0.524. The molecule has 0 atom stereocenters. The Balaban J connectivity index is 0.00000420. The van der Waals surface area contributed by atoms with Crippen LogP contribution in [0.3, 0.4) is 0 Å². The molecule has 7 nitrogen and oxygen atoms in total. The van der Waals surface area contributed by atoms with Crippen molar-refractivity contribution >= 4 is 29.9 Å². The number of guanidine groups is 1. The molecule has 1 aromatic heterocycles. The van der Waals surface area contributed by atoms with Gasteiger partial charge in [0, 0.05) is 31.4 Å². The number of nitrogens with zero attached hydrogens (tertiary/aromatic N) is 3. The number of aryl methyl sites for hydroxylation is 2. The fourth-order valence-corrected chi connectivity index (χ4v) is 2.90. The number of aromatic nitrogens is 2. The predicted octanol–water partition coefficient (Wildman–Crippen LogP) is 3.71. The van der Waals surface area contributed by atoms with Crippen LogP contribution in [0.15, 0.2) is 23.2 Å². The van der Waals surface area contributed by atoms with Crippen molar-refractivity contribution in [1.82, 2.24) is 20.4 Å². The molecule has 2 N–H and O–H groups in total. The molecule has 1 aromatic carbocycles. The summed E-state index contributed by atoms with van der Waals surface area (Å²) < 4.78 is 13.1. The Kier molecular flexibility index (Phi) is 10.9. The molecule has 2 rings (SSSR count). The van der Waals surface area contributed by atoms with E-state index in [1.807, 2.05) is 36.9 Å². The third-order valence-corrected chi connectivity index (χ3v) is 4.55. The highest BCUT2D eigenvalue weighted by atomic mass is 127. The van der Waals surface area contributed by atoms with Gasteiger partial charge in [0.05, 0.1) is 26.0 Å². The van der Waals surface area contributed by atoms with Crippen LogP contribution in [0.2, 0.25) is 0 Å². The standard InChI is InChI=1S/C21H33N5O2.HI/c1-7-11-28-19-10-9-17(12-20(19)27-6)13-23-21(22-8-2)24-14-18-15(3)25-26(5)16(18)4;/h9-10,12H,7-8,11,13-14H2,1-6H3,(H2,22,23,24);1H. The number of ether oxygens (including phenoxy) is 2. The number of hydrogen-bond acceptors (Lipinski definition) is 4. The van der Waals surface area contributed by atoms with Gasteiger partial charge in [-0.15, -0.1) is 24.0 Å². The van der Waals surface area contributed by atoms with Crippen LogP contribution in [0.5, 0.6) is 11.5 Å². The second kappa shape index (κ2) is 12.6. The summed E-state index contributed by atoms with van der Waals surface area (Å²) in [6, 6.07) is 5.95. The van der Waals surface area contributed by atoms with E-state index < -0.39 is 0 Å². The summed E-state index contributed by atoms with van der Waals surface area (Å²) in [6.07, 6.45) is 0.961. The summed E-state index contributed by atoms with van der Waals surface area (Å²) in [4.78, 5) is 4.70. The minimum absolute atomic E-state index is 0. The lowest BCUT2D eigenvalue weighted by Gasteiger charge is -2.13. The van der Waals surface area contributed by atoms with Crippen LogP contribution in [0.4, 0.5) is 0 Å². The molecular weight excluding hydrogens is 481 g/mol. The number of halogens is 1. The van der Waals surface area contributed by atoms with Gasteiger partial charge in [0.2, 0.25) is 0 Å². The molecule has 0 unspecified atom stereocenters. The van der Waals surface area contributed by atoms with Crippen molar-refractivity contribution in [3.8, 4) is 11.5 Å². The van der Waals surface area contributed by atoms with Crippen LogP contribution in [-0.4, -0.2) is 36.0 Å². The first kappa shape index (κ1) is 25.1. The van der Waals surface area contributed by atoms with E-state index >= 15 is 0 Å². The van der Waals surface area contributed by atoms with Gasteiger partial charge in [0.15, 0.2) is 17.5 Å². The zero-order chi connectivity index (χ0) is 20.5. The first-order valence-electron chi connectivity index (χ1n) is 9.81. The molecular formula is C21H34IN5O2. The second-order valence-electron chi connectivity index (χ2n) is 6.66. The lowest BCUT2D eigenvalue weighted by Crippen LogP contribution is -2.37. The fourth-order valence-electron chi connectivity index (χ4n) is 2.90. The molecule has 0 saturated heterocycles. The molecule has 2 aromatic rings. The van der Waals surface area contributed by atoms with Crippen molar-refractivity contribution < 1.29 is 9.47 Å². The number of benzene rings is 1. The number of hydrogen-bond donors (Lipinski definition) is 2. The van der Waals surface area contributed by atoms with E-state index in [-0.39, 0.29) is 24.0 Å². The third kappa shape index (κ3) is 7.09. The van der Waals surface area contributed by atoms with Crippen molar-refractivity contribution in [2.75, 3.05) is 20.3 Å². The van der Waals surface area contributed by atoms with E-state index in [0.29, 0.717) is 19.7 Å². The number of aliphatic imine (C=N–C) groups is 1. The molecule has 0 amide bonds. The second-order valence-corrected chi connectivity index (χ2v) is 6.66. The number of nitrogens with one attached hydrogen (secondary N) is 2. The average Bonchev–Trinajstić information content (AvgIpc) is 2.94. The normalized spacial score (nSPS) is 11.0. The van der Waals surface area contributed by atoms with Gasteiger partial charge in [-0.05, 0) is 44.9 Å². The molecule has 0 bridgehead atoms. The first-order chi connectivity index (χ1) is 13.5. The predicted molar refractivity (Wildman–Crippen MR) is 129 cm³/mol. The van der Waals surface area contributed by atoms with Gasteiger partial charge in [0.25, 0.3) is 0 Å². The van der Waals surface area contributed by atoms with Crippen LogP contribution in [0.25, 0.3) is 0 Å². The van der Waals surface area contributed by atoms with Crippen molar-refractivity contribution in [3.05, 3.63) is 40.7 Å². The number of rotatable bonds is 9. The van der Waals surface area contributed by atoms with Crippen molar-refractivity contribution in [3.63, 3.8) is 0 Å². The maximum Gasteiger partial charge on any atom is 0.191 e. The van der Waals surface area contributed by atoms with E-state index in [9.17, 15) is 0 Å². The van der Waals surface area contributed by atoms with Gasteiger partial charge in [-0.2, -0.15) is 5.10 Å². The quantitative estimate of drug-likeness (QED) is 0.303. The number of methoxy groups -OCH3 is 1. The molecule has 0 spiro atoms. The molecule has 29 heavy (non-hydrogen) atoms. The summed E-state index contributed by atoms with van der Waals surface area (Å²) in [5, 5.41) is 11.2. The lowest BCUT2D eigenvalue weighted by molar-refractivity contribution is 0.294. The molecule has 0 saturated carbocycles. The summed E-state index contributed by atoms with van der Waals surface area (Å²) in [6.45, 7) is 11.0. The van der Waals surface area contributed by atoms with Gasteiger partial charge < -0.3 is 20.1 Å². The molecule has 0 aliphatic heterocycles. The van der Waals surface area contributed by atoms with Crippen LogP contribution >= 0.6 is 24.0 Å². The first-order valence-corrected chi connectivity index (χ1v) is 9.81. The summed E-state index contributed by atoms with van der Waals surface area (Å²) in [7, 11) is 3.62. The Morgan fingerprint density at radius 2 is 1.93 bits per heavy atom. The maximum atomic E-state index is 5.71. The molecule has 0 aliphatic rings. The highest BCUT2D eigenvalue weighted by Gasteiger charge is 2.10. The SMILES string of the molecule is CCCOc1ccc(CN=C(NCC)NCc2c(C)nn(C)c2C)cc1OC.I. The van der Waals surface area contributed by atoms with Crippen LogP contribution in [-0.2, 0) is 20.1 Å². The molecule has 8 heteroatoms. The Morgan fingerprint density at radius 1 is 1.17 bits per heavy atom. The van der Waals surface area contributed by atoms with Gasteiger partial charge >= 0.3 is 0 Å². The Bertz CT molecular complexity index is 805. The highest BCUT2D eigenvalue weighted by Crippen LogP contribution is 2.28. The van der Waals surface area contributed by atoms with E-state index in [1.165, 1.54) is 5.56 Å². The lowest BCUT2D eigenvalue weighted by atomic mass is 10.2. The van der Waals surface area contributed by atoms with Gasteiger partial charge in [-0.3, -0.25) is 4.68 Å². The van der Waals surface area contributed by atoms with Crippen LogP contribution in [0.1, 0.15) is 42.8 Å². The Labute approximate surface area is 191 Å². The smallest absolute Gasteiger partial charge is 0.191 e. The van der Waals surface area contributed by atoms with Gasteiger partial charge in [-0.1, -0.05) is 13.0 Å². The van der Waals surface area contributed by atoms with E-state index in [1.54, 1.807) is 7.11 Å². The van der Waals surface area contributed by atoms with Gasteiger partial charge in [0.1, 0.15) is 0 Å². The molecule has 0 aliphatic carbocycles. The zero-order valence-corrected chi connectivity index (χ0v) is 20.7. The third-order valence-electron chi connectivity index (χ3n) is 4.55. The Morgan fingerprint density at radius 3 is 2.52 bits per heavy atom. The largest absolute Gasteiger partial charge is 0.493 e. The van der Waals surface area contributed by atoms with Crippen LogP contribution in [0, 0.1) is 13.8 Å². The summed E-state index contributed by atoms with van der Waals surface area (Å²) in [5.41, 5.74) is 4.46. The minimum atomic E-state index is 0. The molecule has 0 fully saturated rings. The summed E-state index contributed by atoms with van der Waals surface area (Å²) in [5.74, 6) is 2.28. The Hall–Kier alpha value is -1.97. The van der Waals surface area contributed by atoms with Gasteiger partial charge in [-0.25, -0.2) is 4.99 Å². The highest BCUT2D eigenvalue weighted by molar-refractivity contribution is 14.0. The minimum Gasteiger partial charge on any atom is -0.493 e. The maximum absolute atomic E-state index is 5.71. The van der Waals surface area contributed by atoms with E-state index in [2.05, 4.69) is 36.5 Å². The van der Waals surface area contributed by atoms with E-state index in [0.717, 1.165) is 47.4 Å². The molecule has 1 heterocycles. The monoisotopic (exact) mass is 515 g/mol. The zero-order valence-electron chi connectivity index (χ0n) is 18.3. The van der Waals surface area contributed by atoms with Crippen molar-refractivity contribution in [1.29, 1.82) is 0 Å². The van der Waals surface area contributed by atoms with E-state index in [4.69, 9.17) is 14.5 Å². The summed E-state index contributed by atoms with van der Waals surface area (Å²) >= 11 is 0. The molecule has 162 valence electrons.